The molecule has 15 heavy (non-hydrogen) atoms. The van der Waals surface area contributed by atoms with Crippen LogP contribution in [-0.4, -0.2) is 31.1 Å². The Morgan fingerprint density at radius 2 is 2.27 bits per heavy atom. The van der Waals surface area contributed by atoms with Gasteiger partial charge in [0.1, 0.15) is 6.10 Å². The molecule has 0 aromatic rings. The Labute approximate surface area is 90.2 Å². The van der Waals surface area contributed by atoms with Crippen LogP contribution in [0.4, 0.5) is 0 Å². The van der Waals surface area contributed by atoms with Crippen LogP contribution in [0.1, 0.15) is 27.7 Å². The zero-order valence-electron chi connectivity index (χ0n) is 9.70. The number of esters is 1. The van der Waals surface area contributed by atoms with Crippen molar-refractivity contribution in [2.24, 2.45) is 0 Å². The average molecular weight is 214 g/mol. The van der Waals surface area contributed by atoms with Gasteiger partial charge in [0, 0.05) is 6.08 Å². The van der Waals surface area contributed by atoms with Gasteiger partial charge in [0.15, 0.2) is 5.79 Å². The summed E-state index contributed by atoms with van der Waals surface area (Å²) in [7, 11) is 0. The highest BCUT2D eigenvalue weighted by molar-refractivity contribution is 5.82. The molecule has 0 radical (unpaired) electrons. The first kappa shape index (κ1) is 12.2. The first-order chi connectivity index (χ1) is 6.94. The Bertz CT molecular complexity index is 268. The van der Waals surface area contributed by atoms with Crippen molar-refractivity contribution in [1.82, 2.24) is 0 Å². The highest BCUT2D eigenvalue weighted by atomic mass is 16.7. The smallest absolute Gasteiger partial charge is 0.330 e. The molecule has 4 heteroatoms. The van der Waals surface area contributed by atoms with Gasteiger partial charge in [0.25, 0.3) is 0 Å². The van der Waals surface area contributed by atoms with E-state index in [1.54, 1.807) is 6.92 Å². The van der Waals surface area contributed by atoms with Crippen LogP contribution in [0.2, 0.25) is 0 Å². The third-order valence-corrected chi connectivity index (χ3v) is 2.15. The molecule has 0 aromatic carbocycles. The van der Waals surface area contributed by atoms with E-state index in [1.807, 2.05) is 20.8 Å². The molecule has 1 aliphatic heterocycles. The van der Waals surface area contributed by atoms with E-state index in [2.05, 4.69) is 0 Å². The van der Waals surface area contributed by atoms with E-state index in [1.165, 1.54) is 6.08 Å². The van der Waals surface area contributed by atoms with Crippen molar-refractivity contribution in [1.29, 1.82) is 0 Å². The molecule has 1 aliphatic rings. The summed E-state index contributed by atoms with van der Waals surface area (Å²) in [6, 6.07) is 0. The van der Waals surface area contributed by atoms with Crippen LogP contribution in [0.25, 0.3) is 0 Å². The van der Waals surface area contributed by atoms with Crippen molar-refractivity contribution >= 4 is 5.97 Å². The lowest BCUT2D eigenvalue weighted by atomic mass is 10.1. The topological polar surface area (TPSA) is 44.8 Å². The maximum atomic E-state index is 11.2. The minimum atomic E-state index is -0.561. The van der Waals surface area contributed by atoms with E-state index in [9.17, 15) is 4.79 Å². The van der Waals surface area contributed by atoms with Gasteiger partial charge < -0.3 is 14.2 Å². The maximum Gasteiger partial charge on any atom is 0.330 e. The quantitative estimate of drug-likeness (QED) is 0.529. The monoisotopic (exact) mass is 214 g/mol. The molecule has 0 amide bonds. The summed E-state index contributed by atoms with van der Waals surface area (Å²) < 4.78 is 15.8. The summed E-state index contributed by atoms with van der Waals surface area (Å²) in [6.45, 7) is 8.19. The van der Waals surface area contributed by atoms with Gasteiger partial charge in [0.2, 0.25) is 0 Å². The third kappa shape index (κ3) is 3.64. The zero-order chi connectivity index (χ0) is 11.5. The molecule has 0 bridgehead atoms. The molecule has 1 saturated heterocycles. The first-order valence-corrected chi connectivity index (χ1v) is 5.11. The molecule has 86 valence electrons. The highest BCUT2D eigenvalue weighted by Gasteiger charge is 2.33. The SMILES string of the molecule is CCOC(=O)/C=C(/C)C1COC(C)(C)O1. The Morgan fingerprint density at radius 3 is 2.73 bits per heavy atom. The second-order valence-corrected chi connectivity index (χ2v) is 3.96. The number of rotatable bonds is 3. The molecule has 1 heterocycles. The standard InChI is InChI=1S/C11H18O4/c1-5-13-10(12)6-8(2)9-7-14-11(3,4)15-9/h6,9H,5,7H2,1-4H3/b8-6-. The van der Waals surface area contributed by atoms with Gasteiger partial charge in [-0.05, 0) is 33.3 Å². The van der Waals surface area contributed by atoms with Gasteiger partial charge in [-0.2, -0.15) is 0 Å². The van der Waals surface area contributed by atoms with Gasteiger partial charge in [-0.1, -0.05) is 0 Å². The lowest BCUT2D eigenvalue weighted by Gasteiger charge is -2.17. The van der Waals surface area contributed by atoms with Gasteiger partial charge in [-0.3, -0.25) is 0 Å². The molecule has 4 nitrogen and oxygen atoms in total. The lowest BCUT2D eigenvalue weighted by molar-refractivity contribution is -0.138. The van der Waals surface area contributed by atoms with Crippen molar-refractivity contribution < 1.29 is 19.0 Å². The molecular weight excluding hydrogens is 196 g/mol. The van der Waals surface area contributed by atoms with Gasteiger partial charge >= 0.3 is 5.97 Å². The van der Waals surface area contributed by atoms with E-state index in [4.69, 9.17) is 14.2 Å². The minimum Gasteiger partial charge on any atom is -0.463 e. The molecule has 0 aromatic heterocycles. The molecule has 1 atom stereocenters. The summed E-state index contributed by atoms with van der Waals surface area (Å²) in [5, 5.41) is 0. The molecule has 0 N–H and O–H groups in total. The number of carbonyl (C=O) groups is 1. The second-order valence-electron chi connectivity index (χ2n) is 3.96. The Hall–Kier alpha value is -0.870. The van der Waals surface area contributed by atoms with Crippen molar-refractivity contribution in [3.05, 3.63) is 11.6 Å². The Morgan fingerprint density at radius 1 is 1.60 bits per heavy atom. The third-order valence-electron chi connectivity index (χ3n) is 2.15. The van der Waals surface area contributed by atoms with Crippen LogP contribution < -0.4 is 0 Å². The predicted molar refractivity (Wildman–Crippen MR) is 55.3 cm³/mol. The van der Waals surface area contributed by atoms with Crippen LogP contribution in [-0.2, 0) is 19.0 Å². The minimum absolute atomic E-state index is 0.149. The van der Waals surface area contributed by atoms with Crippen LogP contribution in [0.5, 0.6) is 0 Å². The summed E-state index contributed by atoms with van der Waals surface area (Å²) in [6.07, 6.45) is 1.31. The first-order valence-electron chi connectivity index (χ1n) is 5.11. The normalized spacial score (nSPS) is 25.3. The summed E-state index contributed by atoms with van der Waals surface area (Å²) in [4.78, 5) is 11.2. The van der Waals surface area contributed by atoms with Crippen LogP contribution in [0.3, 0.4) is 0 Å². The molecule has 1 unspecified atom stereocenters. The second kappa shape index (κ2) is 4.77. The van der Waals surface area contributed by atoms with Crippen LogP contribution >= 0.6 is 0 Å². The summed E-state index contributed by atoms with van der Waals surface area (Å²) in [5.74, 6) is -0.891. The summed E-state index contributed by atoms with van der Waals surface area (Å²) in [5.41, 5.74) is 0.832. The number of hydrogen-bond donors (Lipinski definition) is 0. The van der Waals surface area contributed by atoms with E-state index in [-0.39, 0.29) is 12.1 Å². The van der Waals surface area contributed by atoms with Crippen molar-refractivity contribution in [3.63, 3.8) is 0 Å². The van der Waals surface area contributed by atoms with E-state index < -0.39 is 5.79 Å². The average Bonchev–Trinajstić information content (AvgIpc) is 2.46. The largest absolute Gasteiger partial charge is 0.463 e. The molecule has 1 rings (SSSR count). The van der Waals surface area contributed by atoms with Crippen molar-refractivity contribution in [2.75, 3.05) is 13.2 Å². The fourth-order valence-corrected chi connectivity index (χ4v) is 1.37. The summed E-state index contributed by atoms with van der Waals surface area (Å²) >= 11 is 0. The molecule has 1 fully saturated rings. The number of ether oxygens (including phenoxy) is 3. The van der Waals surface area contributed by atoms with Crippen LogP contribution in [0, 0.1) is 0 Å². The molecular formula is C11H18O4. The Kier molecular flexibility index (Phi) is 3.88. The predicted octanol–water partition coefficient (Wildman–Crippen LogP) is 1.65. The van der Waals surface area contributed by atoms with E-state index >= 15 is 0 Å². The number of hydrogen-bond acceptors (Lipinski definition) is 4. The molecule has 0 aliphatic carbocycles. The zero-order valence-corrected chi connectivity index (χ0v) is 9.70. The lowest BCUT2D eigenvalue weighted by Crippen LogP contribution is -2.22. The number of carbonyl (C=O) groups excluding carboxylic acids is 1. The highest BCUT2D eigenvalue weighted by Crippen LogP contribution is 2.26. The fraction of sp³-hybridized carbons (Fsp3) is 0.727. The van der Waals surface area contributed by atoms with Gasteiger partial charge in [-0.25, -0.2) is 4.79 Å². The molecule has 0 saturated carbocycles. The van der Waals surface area contributed by atoms with Crippen LogP contribution in [0.15, 0.2) is 11.6 Å². The van der Waals surface area contributed by atoms with E-state index in [0.717, 1.165) is 5.57 Å². The fourth-order valence-electron chi connectivity index (χ4n) is 1.37. The Balaban J connectivity index is 2.54. The van der Waals surface area contributed by atoms with E-state index in [0.29, 0.717) is 13.2 Å². The van der Waals surface area contributed by atoms with Crippen molar-refractivity contribution in [3.8, 4) is 0 Å². The maximum absolute atomic E-state index is 11.2. The van der Waals surface area contributed by atoms with Crippen molar-refractivity contribution in [2.45, 2.75) is 39.6 Å². The van der Waals surface area contributed by atoms with Gasteiger partial charge in [-0.15, -0.1) is 0 Å². The van der Waals surface area contributed by atoms with Gasteiger partial charge in [0.05, 0.1) is 13.2 Å². The molecule has 0 spiro atoms.